The molecule has 1 saturated heterocycles. The second-order valence-electron chi connectivity index (χ2n) is 6.38. The summed E-state index contributed by atoms with van der Waals surface area (Å²) >= 11 is 0. The third-order valence-electron chi connectivity index (χ3n) is 4.79. The van der Waals surface area contributed by atoms with E-state index in [9.17, 15) is 4.39 Å². The lowest BCUT2D eigenvalue weighted by molar-refractivity contribution is -0.171. The molecule has 0 aliphatic carbocycles. The highest BCUT2D eigenvalue weighted by Crippen LogP contribution is 2.24. The van der Waals surface area contributed by atoms with Crippen molar-refractivity contribution < 1.29 is 14.0 Å². The SMILES string of the molecule is COc1ccc(CON2CCN(c3cccc(C)c3C)CC2)cc1F. The van der Waals surface area contributed by atoms with Gasteiger partial charge in [0.15, 0.2) is 11.6 Å². The number of hydrogen-bond donors (Lipinski definition) is 0. The molecular weight excluding hydrogens is 319 g/mol. The second kappa shape index (κ2) is 7.85. The van der Waals surface area contributed by atoms with Gasteiger partial charge < -0.3 is 9.64 Å². The van der Waals surface area contributed by atoms with Gasteiger partial charge in [-0.1, -0.05) is 18.2 Å². The van der Waals surface area contributed by atoms with Crippen LogP contribution in [0, 0.1) is 19.7 Å². The fourth-order valence-electron chi connectivity index (χ4n) is 3.10. The standard InChI is InChI=1S/C20H25FN2O2/c1-15-5-4-6-19(16(15)2)22-9-11-23(12-10-22)25-14-17-7-8-20(24-3)18(21)13-17/h4-8,13H,9-12,14H2,1-3H3. The van der Waals surface area contributed by atoms with E-state index in [0.717, 1.165) is 31.7 Å². The van der Waals surface area contributed by atoms with E-state index in [1.165, 1.54) is 30.0 Å². The van der Waals surface area contributed by atoms with E-state index in [2.05, 4.69) is 36.9 Å². The number of piperazine rings is 1. The van der Waals surface area contributed by atoms with Crippen molar-refractivity contribution in [2.75, 3.05) is 38.2 Å². The van der Waals surface area contributed by atoms with Crippen LogP contribution in [0.5, 0.6) is 5.75 Å². The number of methoxy groups -OCH3 is 1. The highest BCUT2D eigenvalue weighted by Gasteiger charge is 2.19. The van der Waals surface area contributed by atoms with Crippen molar-refractivity contribution in [1.29, 1.82) is 0 Å². The second-order valence-corrected chi connectivity index (χ2v) is 6.38. The monoisotopic (exact) mass is 344 g/mol. The van der Waals surface area contributed by atoms with Gasteiger partial charge in [0.1, 0.15) is 0 Å². The number of anilines is 1. The minimum Gasteiger partial charge on any atom is -0.494 e. The molecule has 1 heterocycles. The lowest BCUT2D eigenvalue weighted by Gasteiger charge is -2.36. The van der Waals surface area contributed by atoms with Crippen molar-refractivity contribution in [3.05, 3.63) is 58.9 Å². The Morgan fingerprint density at radius 2 is 1.80 bits per heavy atom. The van der Waals surface area contributed by atoms with Crippen LogP contribution in [0.3, 0.4) is 0 Å². The molecule has 0 bridgehead atoms. The molecule has 0 N–H and O–H groups in total. The summed E-state index contributed by atoms with van der Waals surface area (Å²) in [6.45, 7) is 8.17. The van der Waals surface area contributed by atoms with E-state index in [1.54, 1.807) is 6.07 Å². The van der Waals surface area contributed by atoms with Crippen molar-refractivity contribution >= 4 is 5.69 Å². The largest absolute Gasteiger partial charge is 0.494 e. The Kier molecular flexibility index (Phi) is 5.56. The first-order valence-electron chi connectivity index (χ1n) is 8.60. The molecule has 0 atom stereocenters. The van der Waals surface area contributed by atoms with Gasteiger partial charge in [0.25, 0.3) is 0 Å². The summed E-state index contributed by atoms with van der Waals surface area (Å²) < 4.78 is 18.7. The van der Waals surface area contributed by atoms with E-state index < -0.39 is 0 Å². The van der Waals surface area contributed by atoms with Crippen molar-refractivity contribution in [3.8, 4) is 5.75 Å². The van der Waals surface area contributed by atoms with Gasteiger partial charge in [-0.3, -0.25) is 4.84 Å². The lowest BCUT2D eigenvalue weighted by atomic mass is 10.1. The van der Waals surface area contributed by atoms with E-state index in [1.807, 2.05) is 11.1 Å². The molecule has 1 aliphatic rings. The van der Waals surface area contributed by atoms with Crippen LogP contribution in [-0.2, 0) is 11.4 Å². The number of ether oxygens (including phenoxy) is 1. The molecule has 0 radical (unpaired) electrons. The minimum absolute atomic E-state index is 0.255. The average molecular weight is 344 g/mol. The summed E-state index contributed by atoms with van der Waals surface area (Å²) in [6, 6.07) is 11.4. The third-order valence-corrected chi connectivity index (χ3v) is 4.79. The molecule has 134 valence electrons. The summed E-state index contributed by atoms with van der Waals surface area (Å²) in [5, 5.41) is 1.96. The zero-order chi connectivity index (χ0) is 17.8. The van der Waals surface area contributed by atoms with E-state index in [-0.39, 0.29) is 11.6 Å². The van der Waals surface area contributed by atoms with Gasteiger partial charge >= 0.3 is 0 Å². The van der Waals surface area contributed by atoms with Crippen LogP contribution in [0.15, 0.2) is 36.4 Å². The molecule has 0 amide bonds. The van der Waals surface area contributed by atoms with E-state index in [4.69, 9.17) is 9.57 Å². The molecule has 2 aromatic carbocycles. The predicted molar refractivity (Wildman–Crippen MR) is 97.4 cm³/mol. The maximum atomic E-state index is 13.7. The molecule has 0 aromatic heterocycles. The fraction of sp³-hybridized carbons (Fsp3) is 0.400. The maximum absolute atomic E-state index is 13.7. The summed E-state index contributed by atoms with van der Waals surface area (Å²) in [7, 11) is 1.46. The van der Waals surface area contributed by atoms with Crippen molar-refractivity contribution in [3.63, 3.8) is 0 Å². The zero-order valence-corrected chi connectivity index (χ0v) is 15.1. The Morgan fingerprint density at radius 1 is 1.04 bits per heavy atom. The molecule has 1 aliphatic heterocycles. The molecule has 0 unspecified atom stereocenters. The topological polar surface area (TPSA) is 24.9 Å². The number of aryl methyl sites for hydroxylation is 1. The first-order chi connectivity index (χ1) is 12.1. The van der Waals surface area contributed by atoms with Crippen LogP contribution in [0.4, 0.5) is 10.1 Å². The van der Waals surface area contributed by atoms with Gasteiger partial charge in [0.05, 0.1) is 13.7 Å². The molecule has 5 heteroatoms. The van der Waals surface area contributed by atoms with Crippen molar-refractivity contribution in [1.82, 2.24) is 5.06 Å². The van der Waals surface area contributed by atoms with E-state index in [0.29, 0.717) is 6.61 Å². The van der Waals surface area contributed by atoms with Gasteiger partial charge in [-0.2, -0.15) is 5.06 Å². The molecule has 0 saturated carbocycles. The average Bonchev–Trinajstić information content (AvgIpc) is 2.63. The van der Waals surface area contributed by atoms with Crippen molar-refractivity contribution in [2.45, 2.75) is 20.5 Å². The molecule has 25 heavy (non-hydrogen) atoms. The molecular formula is C20H25FN2O2. The quantitative estimate of drug-likeness (QED) is 0.826. The molecule has 0 spiro atoms. The predicted octanol–water partition coefficient (Wildman–Crippen LogP) is 3.70. The third kappa shape index (κ3) is 4.11. The van der Waals surface area contributed by atoms with Crippen LogP contribution in [0.1, 0.15) is 16.7 Å². The summed E-state index contributed by atoms with van der Waals surface area (Å²) in [6.07, 6.45) is 0. The first kappa shape index (κ1) is 17.7. The number of halogens is 1. The van der Waals surface area contributed by atoms with Crippen LogP contribution >= 0.6 is 0 Å². The number of nitrogens with zero attached hydrogens (tertiary/aromatic N) is 2. The summed E-state index contributed by atoms with van der Waals surface area (Å²) in [4.78, 5) is 8.23. The van der Waals surface area contributed by atoms with Gasteiger partial charge in [0, 0.05) is 31.9 Å². The summed E-state index contributed by atoms with van der Waals surface area (Å²) in [5.41, 5.74) is 4.76. The Labute approximate surface area is 148 Å². The molecule has 2 aromatic rings. The van der Waals surface area contributed by atoms with Gasteiger partial charge in [-0.25, -0.2) is 4.39 Å². The number of benzene rings is 2. The lowest BCUT2D eigenvalue weighted by Crippen LogP contribution is -2.46. The smallest absolute Gasteiger partial charge is 0.165 e. The Hall–Kier alpha value is -2.11. The van der Waals surface area contributed by atoms with Gasteiger partial charge in [0.2, 0.25) is 0 Å². The normalized spacial score (nSPS) is 15.4. The van der Waals surface area contributed by atoms with Gasteiger partial charge in [-0.15, -0.1) is 0 Å². The minimum atomic E-state index is -0.358. The molecule has 4 nitrogen and oxygen atoms in total. The van der Waals surface area contributed by atoms with Crippen LogP contribution < -0.4 is 9.64 Å². The first-order valence-corrected chi connectivity index (χ1v) is 8.60. The summed E-state index contributed by atoms with van der Waals surface area (Å²) in [5.74, 6) is -0.103. The number of hydroxylamine groups is 2. The van der Waals surface area contributed by atoms with Crippen LogP contribution in [0.25, 0.3) is 0 Å². The Morgan fingerprint density at radius 3 is 2.48 bits per heavy atom. The fourth-order valence-corrected chi connectivity index (χ4v) is 3.10. The Balaban J connectivity index is 1.53. The number of rotatable bonds is 5. The Bertz CT molecular complexity index is 728. The number of hydrogen-bond acceptors (Lipinski definition) is 4. The van der Waals surface area contributed by atoms with Crippen LogP contribution in [0.2, 0.25) is 0 Å². The maximum Gasteiger partial charge on any atom is 0.165 e. The van der Waals surface area contributed by atoms with E-state index >= 15 is 0 Å². The van der Waals surface area contributed by atoms with Crippen molar-refractivity contribution in [2.24, 2.45) is 0 Å². The van der Waals surface area contributed by atoms with Crippen LogP contribution in [-0.4, -0.2) is 38.4 Å². The zero-order valence-electron chi connectivity index (χ0n) is 15.1. The van der Waals surface area contributed by atoms with Gasteiger partial charge in [-0.05, 0) is 48.7 Å². The molecule has 1 fully saturated rings. The molecule has 3 rings (SSSR count). The highest BCUT2D eigenvalue weighted by atomic mass is 19.1. The highest BCUT2D eigenvalue weighted by molar-refractivity contribution is 5.56.